The molecule has 1 saturated heterocycles. The van der Waals surface area contributed by atoms with E-state index < -0.39 is 12.3 Å². The summed E-state index contributed by atoms with van der Waals surface area (Å²) in [5, 5.41) is 6.95. The standard InChI is InChI=1S/C22H22F3N5O2/c23-16-3-2-15(10-17(16)30-6-8-31-9-7-30)22(4-1-5-22)11-18-26-12-14(13-27-18)20-28-29-21(32-20)19(24)25/h2-3,10,12-13,19H,1,4-9,11H2. The normalized spacial score (nSPS) is 18.1. The number of alkyl halides is 2. The second-order valence-corrected chi connectivity index (χ2v) is 8.21. The Morgan fingerprint density at radius 3 is 2.44 bits per heavy atom. The summed E-state index contributed by atoms with van der Waals surface area (Å²) >= 11 is 0. The van der Waals surface area contributed by atoms with Gasteiger partial charge in [-0.25, -0.2) is 14.4 Å². The second kappa shape index (κ2) is 8.50. The lowest BCUT2D eigenvalue weighted by Crippen LogP contribution is -2.39. The Balaban J connectivity index is 1.37. The van der Waals surface area contributed by atoms with Crippen molar-refractivity contribution in [1.82, 2.24) is 20.2 Å². The SMILES string of the molecule is Fc1ccc(C2(Cc3ncc(-c4nnc(C(F)F)o4)cn3)CCC2)cc1N1CCOCC1. The van der Waals surface area contributed by atoms with Gasteiger partial charge in [-0.2, -0.15) is 8.78 Å². The van der Waals surface area contributed by atoms with E-state index in [1.165, 1.54) is 12.4 Å². The molecule has 7 nitrogen and oxygen atoms in total. The van der Waals surface area contributed by atoms with Gasteiger partial charge in [0, 0.05) is 37.3 Å². The molecule has 32 heavy (non-hydrogen) atoms. The van der Waals surface area contributed by atoms with Gasteiger partial charge in [0.15, 0.2) is 0 Å². The van der Waals surface area contributed by atoms with Crippen LogP contribution in [0.5, 0.6) is 0 Å². The summed E-state index contributed by atoms with van der Waals surface area (Å²) in [5.74, 6) is -0.378. The molecule has 2 fully saturated rings. The third-order valence-electron chi connectivity index (χ3n) is 6.30. The van der Waals surface area contributed by atoms with Crippen LogP contribution >= 0.6 is 0 Å². The third kappa shape index (κ3) is 3.94. The zero-order valence-electron chi connectivity index (χ0n) is 17.3. The maximum Gasteiger partial charge on any atom is 0.314 e. The number of hydrogen-bond donors (Lipinski definition) is 0. The first-order valence-electron chi connectivity index (χ1n) is 10.6. The maximum absolute atomic E-state index is 14.6. The molecule has 0 unspecified atom stereocenters. The fraction of sp³-hybridized carbons (Fsp3) is 0.455. The van der Waals surface area contributed by atoms with Gasteiger partial charge in [-0.1, -0.05) is 12.5 Å². The van der Waals surface area contributed by atoms with E-state index in [9.17, 15) is 13.2 Å². The number of benzene rings is 1. The summed E-state index contributed by atoms with van der Waals surface area (Å²) in [4.78, 5) is 10.8. The van der Waals surface area contributed by atoms with Gasteiger partial charge in [-0.15, -0.1) is 10.2 Å². The minimum Gasteiger partial charge on any atom is -0.415 e. The van der Waals surface area contributed by atoms with Crippen molar-refractivity contribution < 1.29 is 22.3 Å². The van der Waals surface area contributed by atoms with Crippen LogP contribution in [-0.2, 0) is 16.6 Å². The number of halogens is 3. The van der Waals surface area contributed by atoms with Crippen LogP contribution < -0.4 is 4.90 Å². The fourth-order valence-corrected chi connectivity index (χ4v) is 4.36. The Labute approximate surface area is 182 Å². The monoisotopic (exact) mass is 445 g/mol. The van der Waals surface area contributed by atoms with Crippen LogP contribution in [0.3, 0.4) is 0 Å². The Hall–Kier alpha value is -3.01. The maximum atomic E-state index is 14.6. The minimum absolute atomic E-state index is 0.0427. The highest BCUT2D eigenvalue weighted by Crippen LogP contribution is 2.47. The topological polar surface area (TPSA) is 77.2 Å². The van der Waals surface area contributed by atoms with Crippen LogP contribution in [0, 0.1) is 5.82 Å². The lowest BCUT2D eigenvalue weighted by atomic mass is 9.62. The third-order valence-corrected chi connectivity index (χ3v) is 6.30. The van der Waals surface area contributed by atoms with Crippen molar-refractivity contribution in [3.05, 3.63) is 53.7 Å². The number of nitrogens with zero attached hydrogens (tertiary/aromatic N) is 5. The molecule has 1 aliphatic carbocycles. The molecule has 0 N–H and O–H groups in total. The average Bonchev–Trinajstić information content (AvgIpc) is 3.29. The Kier molecular flexibility index (Phi) is 5.54. The molecule has 0 spiro atoms. The van der Waals surface area contributed by atoms with E-state index in [4.69, 9.17) is 9.15 Å². The zero-order valence-corrected chi connectivity index (χ0v) is 17.3. The van der Waals surface area contributed by atoms with Crippen LogP contribution in [-0.4, -0.2) is 46.5 Å². The quantitative estimate of drug-likeness (QED) is 0.565. The van der Waals surface area contributed by atoms with E-state index in [2.05, 4.69) is 20.2 Å². The van der Waals surface area contributed by atoms with E-state index >= 15 is 0 Å². The van der Waals surface area contributed by atoms with Crippen LogP contribution in [0.25, 0.3) is 11.5 Å². The smallest absolute Gasteiger partial charge is 0.314 e. The summed E-state index contributed by atoms with van der Waals surface area (Å²) in [6, 6.07) is 5.36. The molecule has 0 amide bonds. The molecule has 2 aliphatic rings. The molecule has 2 aromatic heterocycles. The van der Waals surface area contributed by atoms with Crippen molar-refractivity contribution in [2.45, 2.75) is 37.5 Å². The molecule has 1 saturated carbocycles. The van der Waals surface area contributed by atoms with Gasteiger partial charge in [0.1, 0.15) is 11.6 Å². The highest BCUT2D eigenvalue weighted by Gasteiger charge is 2.40. The van der Waals surface area contributed by atoms with E-state index in [0.29, 0.717) is 49.8 Å². The van der Waals surface area contributed by atoms with Crippen molar-refractivity contribution in [1.29, 1.82) is 0 Å². The predicted octanol–water partition coefficient (Wildman–Crippen LogP) is 4.10. The molecular weight excluding hydrogens is 423 g/mol. The van der Waals surface area contributed by atoms with Crippen molar-refractivity contribution in [2.75, 3.05) is 31.2 Å². The Morgan fingerprint density at radius 1 is 1.06 bits per heavy atom. The van der Waals surface area contributed by atoms with E-state index in [0.717, 1.165) is 24.8 Å². The first-order valence-corrected chi connectivity index (χ1v) is 10.6. The number of aromatic nitrogens is 4. The number of anilines is 1. The summed E-state index contributed by atoms with van der Waals surface area (Å²) < 4.78 is 50.2. The largest absolute Gasteiger partial charge is 0.415 e. The number of hydrogen-bond acceptors (Lipinski definition) is 7. The van der Waals surface area contributed by atoms with Crippen molar-refractivity contribution in [2.24, 2.45) is 0 Å². The molecular formula is C22H22F3N5O2. The summed E-state index contributed by atoms with van der Waals surface area (Å²) in [5.41, 5.74) is 1.92. The molecule has 0 radical (unpaired) electrons. The van der Waals surface area contributed by atoms with Gasteiger partial charge in [0.05, 0.1) is 24.5 Å². The van der Waals surface area contributed by atoms with Crippen LogP contribution in [0.15, 0.2) is 35.0 Å². The zero-order chi connectivity index (χ0) is 22.1. The van der Waals surface area contributed by atoms with Crippen LogP contribution in [0.1, 0.15) is 43.0 Å². The van der Waals surface area contributed by atoms with E-state index in [1.807, 2.05) is 17.0 Å². The number of rotatable bonds is 6. The minimum atomic E-state index is -2.83. The van der Waals surface area contributed by atoms with Gasteiger partial charge in [0.2, 0.25) is 0 Å². The molecule has 168 valence electrons. The van der Waals surface area contributed by atoms with Crippen molar-refractivity contribution in [3.63, 3.8) is 0 Å². The lowest BCUT2D eigenvalue weighted by Gasteiger charge is -2.43. The van der Waals surface area contributed by atoms with Crippen LogP contribution in [0.2, 0.25) is 0 Å². The van der Waals surface area contributed by atoms with Crippen molar-refractivity contribution >= 4 is 5.69 Å². The Morgan fingerprint density at radius 2 is 1.81 bits per heavy atom. The van der Waals surface area contributed by atoms with E-state index in [-0.39, 0.29) is 17.1 Å². The molecule has 0 atom stereocenters. The highest BCUT2D eigenvalue weighted by atomic mass is 19.3. The fourth-order valence-electron chi connectivity index (χ4n) is 4.36. The number of morpholine rings is 1. The summed E-state index contributed by atoms with van der Waals surface area (Å²) in [6.07, 6.45) is 3.80. The number of ether oxygens (including phenoxy) is 1. The van der Waals surface area contributed by atoms with Gasteiger partial charge in [-0.05, 0) is 30.5 Å². The van der Waals surface area contributed by atoms with Crippen LogP contribution in [0.4, 0.5) is 18.9 Å². The van der Waals surface area contributed by atoms with E-state index in [1.54, 1.807) is 6.07 Å². The first kappa shape index (κ1) is 20.9. The lowest BCUT2D eigenvalue weighted by molar-refractivity contribution is 0.116. The molecule has 3 aromatic rings. The van der Waals surface area contributed by atoms with Crippen molar-refractivity contribution in [3.8, 4) is 11.5 Å². The summed E-state index contributed by atoms with van der Waals surface area (Å²) in [6.45, 7) is 2.52. The van der Waals surface area contributed by atoms with Gasteiger partial charge in [0.25, 0.3) is 11.8 Å². The summed E-state index contributed by atoms with van der Waals surface area (Å²) in [7, 11) is 0. The Bertz CT molecular complexity index is 1080. The van der Waals surface area contributed by atoms with Gasteiger partial charge < -0.3 is 14.1 Å². The molecule has 0 bridgehead atoms. The second-order valence-electron chi connectivity index (χ2n) is 8.21. The molecule has 1 aromatic carbocycles. The molecule has 3 heterocycles. The first-order chi connectivity index (χ1) is 15.5. The predicted molar refractivity (Wildman–Crippen MR) is 109 cm³/mol. The van der Waals surface area contributed by atoms with Gasteiger partial charge in [-0.3, -0.25) is 0 Å². The molecule has 10 heteroatoms. The average molecular weight is 445 g/mol. The highest BCUT2D eigenvalue weighted by molar-refractivity contribution is 5.53. The van der Waals surface area contributed by atoms with Gasteiger partial charge >= 0.3 is 6.43 Å². The molecule has 5 rings (SSSR count). The molecule has 1 aliphatic heterocycles.